The molecule has 7 heteroatoms. The van der Waals surface area contributed by atoms with Crippen molar-refractivity contribution in [2.75, 3.05) is 5.32 Å². The molecule has 0 radical (unpaired) electrons. The number of aryl methyl sites for hydroxylation is 2. The zero-order chi connectivity index (χ0) is 17.2. The van der Waals surface area contributed by atoms with Crippen LogP contribution in [0.2, 0.25) is 0 Å². The van der Waals surface area contributed by atoms with E-state index in [1.807, 2.05) is 0 Å². The van der Waals surface area contributed by atoms with Gasteiger partial charge in [0.15, 0.2) is 5.76 Å². The Morgan fingerprint density at radius 1 is 1.22 bits per heavy atom. The zero-order valence-electron chi connectivity index (χ0n) is 12.8. The predicted molar refractivity (Wildman–Crippen MR) is 79.7 cm³/mol. The Bertz CT molecular complexity index is 724. The minimum atomic E-state index is -4.38. The molecule has 0 aliphatic heterocycles. The first-order valence-electron chi connectivity index (χ1n) is 6.78. The van der Waals surface area contributed by atoms with Gasteiger partial charge in [0.1, 0.15) is 11.4 Å². The predicted octanol–water partition coefficient (Wildman–Crippen LogP) is 4.35. The highest BCUT2D eigenvalue weighted by molar-refractivity contribution is 6.04. The molecule has 2 aromatic rings. The fraction of sp³-hybridized carbons (Fsp3) is 0.250. The highest BCUT2D eigenvalue weighted by Gasteiger charge is 2.29. The van der Waals surface area contributed by atoms with E-state index in [4.69, 9.17) is 4.52 Å². The molecule has 1 aromatic heterocycles. The van der Waals surface area contributed by atoms with Crippen LogP contribution in [0.3, 0.4) is 0 Å². The number of alkyl halides is 3. The van der Waals surface area contributed by atoms with Gasteiger partial charge >= 0.3 is 6.18 Å². The van der Waals surface area contributed by atoms with E-state index >= 15 is 0 Å². The summed E-state index contributed by atoms with van der Waals surface area (Å²) in [6.07, 6.45) is -3.06. The fourth-order valence-corrected chi connectivity index (χ4v) is 2.02. The maximum Gasteiger partial charge on any atom is 0.416 e. The summed E-state index contributed by atoms with van der Waals surface area (Å²) in [6, 6.07) is 4.63. The van der Waals surface area contributed by atoms with Crippen LogP contribution < -0.4 is 5.32 Å². The van der Waals surface area contributed by atoms with E-state index in [1.165, 1.54) is 18.2 Å². The normalized spacial score (nSPS) is 12.3. The summed E-state index contributed by atoms with van der Waals surface area (Å²) >= 11 is 0. The van der Waals surface area contributed by atoms with Gasteiger partial charge in [-0.2, -0.15) is 13.2 Å². The van der Waals surface area contributed by atoms with Gasteiger partial charge < -0.3 is 9.84 Å². The molecule has 4 nitrogen and oxygen atoms in total. The van der Waals surface area contributed by atoms with Crippen LogP contribution in [0.4, 0.5) is 18.9 Å². The lowest BCUT2D eigenvalue weighted by molar-refractivity contribution is -0.137. The highest BCUT2D eigenvalue weighted by atomic mass is 19.4. The Kier molecular flexibility index (Phi) is 4.58. The number of anilines is 1. The maximum atomic E-state index is 12.5. The number of aromatic nitrogens is 1. The maximum absolute atomic E-state index is 12.5. The van der Waals surface area contributed by atoms with Crippen molar-refractivity contribution in [3.63, 3.8) is 0 Å². The van der Waals surface area contributed by atoms with E-state index in [0.717, 1.165) is 12.1 Å². The number of hydrogen-bond acceptors (Lipinski definition) is 3. The van der Waals surface area contributed by atoms with Gasteiger partial charge in [-0.25, -0.2) is 0 Å². The van der Waals surface area contributed by atoms with Crippen molar-refractivity contribution in [1.82, 2.24) is 5.16 Å². The number of rotatable bonds is 3. The molecule has 2 rings (SSSR count). The average molecular weight is 324 g/mol. The molecule has 0 saturated carbocycles. The average Bonchev–Trinajstić information content (AvgIpc) is 2.78. The van der Waals surface area contributed by atoms with Gasteiger partial charge in [0.25, 0.3) is 0 Å². The third-order valence-electron chi connectivity index (χ3n) is 3.30. The van der Waals surface area contributed by atoms with Gasteiger partial charge in [0, 0.05) is 6.08 Å². The molecule has 1 aromatic carbocycles. The third-order valence-corrected chi connectivity index (χ3v) is 3.30. The van der Waals surface area contributed by atoms with Crippen molar-refractivity contribution in [3.05, 3.63) is 52.9 Å². The zero-order valence-corrected chi connectivity index (χ0v) is 12.8. The molecule has 1 N–H and O–H groups in total. The lowest BCUT2D eigenvalue weighted by Crippen LogP contribution is -2.10. The number of nitrogens with zero attached hydrogens (tertiary/aromatic N) is 1. The molecule has 0 atom stereocenters. The Morgan fingerprint density at radius 2 is 1.83 bits per heavy atom. The summed E-state index contributed by atoms with van der Waals surface area (Å²) in [5, 5.41) is 6.37. The number of hydrogen-bond donors (Lipinski definition) is 1. The molecule has 0 fully saturated rings. The molecule has 0 saturated heterocycles. The van der Waals surface area contributed by atoms with Crippen LogP contribution in [0.1, 0.15) is 29.5 Å². The molecule has 0 aliphatic rings. The van der Waals surface area contributed by atoms with E-state index in [1.54, 1.807) is 20.8 Å². The number of allylic oxidation sites excluding steroid dienone is 1. The summed E-state index contributed by atoms with van der Waals surface area (Å²) in [7, 11) is 0. The van der Waals surface area contributed by atoms with Crippen LogP contribution in [0.5, 0.6) is 0 Å². The van der Waals surface area contributed by atoms with E-state index < -0.39 is 17.6 Å². The van der Waals surface area contributed by atoms with Crippen LogP contribution in [0, 0.1) is 13.8 Å². The summed E-state index contributed by atoms with van der Waals surface area (Å²) in [4.78, 5) is 12.0. The largest absolute Gasteiger partial charge is 0.416 e. The van der Waals surface area contributed by atoms with Gasteiger partial charge in [-0.15, -0.1) is 0 Å². The molecule has 122 valence electrons. The van der Waals surface area contributed by atoms with E-state index in [-0.39, 0.29) is 0 Å². The third kappa shape index (κ3) is 4.00. The number of carbonyl (C=O) groups is 1. The smallest absolute Gasteiger partial charge is 0.359 e. The van der Waals surface area contributed by atoms with Gasteiger partial charge in [0.05, 0.1) is 5.56 Å². The van der Waals surface area contributed by atoms with Crippen molar-refractivity contribution in [3.8, 4) is 0 Å². The minimum Gasteiger partial charge on any atom is -0.359 e. The molecule has 1 amide bonds. The first-order chi connectivity index (χ1) is 10.7. The number of halogens is 3. The van der Waals surface area contributed by atoms with Crippen molar-refractivity contribution >= 4 is 17.2 Å². The second-order valence-corrected chi connectivity index (χ2v) is 5.09. The second-order valence-electron chi connectivity index (χ2n) is 5.09. The van der Waals surface area contributed by atoms with E-state index in [9.17, 15) is 18.0 Å². The number of amides is 1. The molecule has 1 heterocycles. The van der Waals surface area contributed by atoms with Gasteiger partial charge in [0.2, 0.25) is 5.91 Å². The summed E-state index contributed by atoms with van der Waals surface area (Å²) in [6.45, 7) is 5.01. The topological polar surface area (TPSA) is 55.1 Å². The number of benzene rings is 1. The van der Waals surface area contributed by atoms with Gasteiger partial charge in [-0.3, -0.25) is 4.79 Å². The number of carbonyl (C=O) groups excluding carboxylic acids is 1. The molecule has 0 unspecified atom stereocenters. The lowest BCUT2D eigenvalue weighted by atomic mass is 10.0. The lowest BCUT2D eigenvalue weighted by Gasteiger charge is -2.08. The second kappa shape index (κ2) is 6.28. The van der Waals surface area contributed by atoms with Crippen LogP contribution in [-0.2, 0) is 11.0 Å². The SMILES string of the molecule is C/C(=C\C(=O)Nc1c(C)noc1C)c1ccc(C(F)(F)F)cc1. The van der Waals surface area contributed by atoms with Crippen LogP contribution in [-0.4, -0.2) is 11.1 Å². The Hall–Kier alpha value is -2.57. The monoisotopic (exact) mass is 324 g/mol. The van der Waals surface area contributed by atoms with Crippen molar-refractivity contribution in [2.24, 2.45) is 0 Å². The summed E-state index contributed by atoms with van der Waals surface area (Å²) < 4.78 is 42.5. The van der Waals surface area contributed by atoms with E-state index in [2.05, 4.69) is 10.5 Å². The van der Waals surface area contributed by atoms with E-state index in [0.29, 0.717) is 28.3 Å². The Morgan fingerprint density at radius 3 is 2.30 bits per heavy atom. The van der Waals surface area contributed by atoms with Crippen molar-refractivity contribution < 1.29 is 22.5 Å². The Labute approximate surface area is 131 Å². The van der Waals surface area contributed by atoms with Gasteiger partial charge in [-0.05, 0) is 44.0 Å². The van der Waals surface area contributed by atoms with Crippen molar-refractivity contribution in [1.29, 1.82) is 0 Å². The highest BCUT2D eigenvalue weighted by Crippen LogP contribution is 2.30. The standard InChI is InChI=1S/C16H15F3N2O2/c1-9(12-4-6-13(7-5-12)16(17,18)19)8-14(22)20-15-10(2)21-23-11(15)3/h4-8H,1-3H3,(H,20,22)/b9-8+. The van der Waals surface area contributed by atoms with Crippen LogP contribution in [0.15, 0.2) is 34.9 Å². The Balaban J connectivity index is 2.14. The fourth-order valence-electron chi connectivity index (χ4n) is 2.02. The molecule has 0 aliphatic carbocycles. The van der Waals surface area contributed by atoms with Crippen molar-refractivity contribution in [2.45, 2.75) is 26.9 Å². The molecule has 0 spiro atoms. The van der Waals surface area contributed by atoms with Gasteiger partial charge in [-0.1, -0.05) is 17.3 Å². The number of nitrogens with one attached hydrogen (secondary N) is 1. The summed E-state index contributed by atoms with van der Waals surface area (Å²) in [5.41, 5.74) is 1.40. The van der Waals surface area contributed by atoms with Crippen LogP contribution in [0.25, 0.3) is 5.57 Å². The molecular formula is C16H15F3N2O2. The molecular weight excluding hydrogens is 309 g/mol. The minimum absolute atomic E-state index is 0.406. The quantitative estimate of drug-likeness (QED) is 0.854. The first kappa shape index (κ1) is 16.8. The molecule has 23 heavy (non-hydrogen) atoms. The molecule has 0 bridgehead atoms. The first-order valence-corrected chi connectivity index (χ1v) is 6.78. The van der Waals surface area contributed by atoms with Crippen LogP contribution >= 0.6 is 0 Å². The summed E-state index contributed by atoms with van der Waals surface area (Å²) in [5.74, 6) is 0.0771.